The maximum absolute atomic E-state index is 11.6. The van der Waals surface area contributed by atoms with Crippen molar-refractivity contribution in [1.82, 2.24) is 9.78 Å². The van der Waals surface area contributed by atoms with E-state index < -0.39 is 5.97 Å². The molecule has 1 fully saturated rings. The zero-order valence-corrected chi connectivity index (χ0v) is 11.1. The Morgan fingerprint density at radius 2 is 2.17 bits per heavy atom. The SMILES string of the molecule is CCOC(=O)c1nn(C2CCC(C)CC2)cc1N. The van der Waals surface area contributed by atoms with Crippen LogP contribution in [0.5, 0.6) is 0 Å². The van der Waals surface area contributed by atoms with E-state index in [0.717, 1.165) is 18.8 Å². The van der Waals surface area contributed by atoms with E-state index in [-0.39, 0.29) is 5.69 Å². The van der Waals surface area contributed by atoms with E-state index in [2.05, 4.69) is 12.0 Å². The molecule has 100 valence electrons. The van der Waals surface area contributed by atoms with Crippen molar-refractivity contribution in [2.75, 3.05) is 12.3 Å². The van der Waals surface area contributed by atoms with Crippen LogP contribution >= 0.6 is 0 Å². The average molecular weight is 251 g/mol. The van der Waals surface area contributed by atoms with E-state index in [1.54, 1.807) is 13.1 Å². The van der Waals surface area contributed by atoms with E-state index in [9.17, 15) is 4.79 Å². The Labute approximate surface area is 107 Å². The largest absolute Gasteiger partial charge is 0.461 e. The summed E-state index contributed by atoms with van der Waals surface area (Å²) in [7, 11) is 0. The fourth-order valence-corrected chi connectivity index (χ4v) is 2.46. The third-order valence-electron chi connectivity index (χ3n) is 3.59. The van der Waals surface area contributed by atoms with Gasteiger partial charge in [0.1, 0.15) is 0 Å². The van der Waals surface area contributed by atoms with Gasteiger partial charge in [0.15, 0.2) is 5.69 Å². The maximum atomic E-state index is 11.6. The van der Waals surface area contributed by atoms with Gasteiger partial charge in [-0.25, -0.2) is 4.79 Å². The van der Waals surface area contributed by atoms with E-state index in [1.807, 2.05) is 4.68 Å². The van der Waals surface area contributed by atoms with Gasteiger partial charge in [-0.05, 0) is 38.5 Å². The summed E-state index contributed by atoms with van der Waals surface area (Å²) >= 11 is 0. The number of nitrogens with zero attached hydrogens (tertiary/aromatic N) is 2. The molecule has 0 atom stereocenters. The number of hydrogen-bond donors (Lipinski definition) is 1. The van der Waals surface area contributed by atoms with Crippen molar-refractivity contribution in [3.63, 3.8) is 0 Å². The predicted molar refractivity (Wildman–Crippen MR) is 69.3 cm³/mol. The van der Waals surface area contributed by atoms with Gasteiger partial charge in [0.05, 0.1) is 18.3 Å². The van der Waals surface area contributed by atoms with Crippen molar-refractivity contribution < 1.29 is 9.53 Å². The van der Waals surface area contributed by atoms with E-state index in [1.165, 1.54) is 12.8 Å². The normalized spacial score (nSPS) is 23.9. The first kappa shape index (κ1) is 12.9. The van der Waals surface area contributed by atoms with Gasteiger partial charge in [0.25, 0.3) is 0 Å². The van der Waals surface area contributed by atoms with Gasteiger partial charge in [-0.2, -0.15) is 5.10 Å². The summed E-state index contributed by atoms with van der Waals surface area (Å²) in [5, 5.41) is 4.29. The van der Waals surface area contributed by atoms with E-state index >= 15 is 0 Å². The number of aromatic nitrogens is 2. The summed E-state index contributed by atoms with van der Waals surface area (Å²) in [6, 6.07) is 0.367. The Hall–Kier alpha value is -1.52. The number of nitrogens with two attached hydrogens (primary N) is 1. The molecule has 1 heterocycles. The molecule has 0 saturated heterocycles. The highest BCUT2D eigenvalue weighted by molar-refractivity contribution is 5.92. The molecule has 2 rings (SSSR count). The van der Waals surface area contributed by atoms with Gasteiger partial charge < -0.3 is 10.5 Å². The van der Waals surface area contributed by atoms with Crippen LogP contribution < -0.4 is 5.73 Å². The van der Waals surface area contributed by atoms with Crippen molar-refractivity contribution in [3.05, 3.63) is 11.9 Å². The minimum Gasteiger partial charge on any atom is -0.461 e. The molecule has 1 aromatic rings. The number of anilines is 1. The maximum Gasteiger partial charge on any atom is 0.361 e. The van der Waals surface area contributed by atoms with Crippen LogP contribution in [0.4, 0.5) is 5.69 Å². The smallest absolute Gasteiger partial charge is 0.361 e. The van der Waals surface area contributed by atoms with Gasteiger partial charge in [0, 0.05) is 6.20 Å². The first-order chi connectivity index (χ1) is 8.61. The summed E-state index contributed by atoms with van der Waals surface area (Å²) in [6.45, 7) is 4.39. The highest BCUT2D eigenvalue weighted by Crippen LogP contribution is 2.32. The first-order valence-electron chi connectivity index (χ1n) is 6.63. The molecule has 18 heavy (non-hydrogen) atoms. The van der Waals surface area contributed by atoms with Crippen LogP contribution in [-0.2, 0) is 4.74 Å². The van der Waals surface area contributed by atoms with Crippen molar-refractivity contribution in [1.29, 1.82) is 0 Å². The molecular weight excluding hydrogens is 230 g/mol. The third-order valence-corrected chi connectivity index (χ3v) is 3.59. The Morgan fingerprint density at radius 1 is 1.50 bits per heavy atom. The van der Waals surface area contributed by atoms with Gasteiger partial charge >= 0.3 is 5.97 Å². The second-order valence-corrected chi connectivity index (χ2v) is 5.05. The topological polar surface area (TPSA) is 70.1 Å². The number of nitrogen functional groups attached to an aromatic ring is 1. The zero-order chi connectivity index (χ0) is 13.1. The second-order valence-electron chi connectivity index (χ2n) is 5.05. The Bertz CT molecular complexity index is 420. The summed E-state index contributed by atoms with van der Waals surface area (Å²) in [5.74, 6) is 0.358. The molecule has 0 aromatic carbocycles. The lowest BCUT2D eigenvalue weighted by Gasteiger charge is -2.26. The van der Waals surface area contributed by atoms with Crippen molar-refractivity contribution >= 4 is 11.7 Å². The molecule has 0 bridgehead atoms. The van der Waals surface area contributed by atoms with Crippen LogP contribution in [0.15, 0.2) is 6.20 Å². The molecule has 5 nitrogen and oxygen atoms in total. The number of esters is 1. The zero-order valence-electron chi connectivity index (χ0n) is 11.1. The standard InChI is InChI=1S/C13H21N3O2/c1-3-18-13(17)12-11(14)8-16(15-12)10-6-4-9(2)5-7-10/h8-10H,3-7,14H2,1-2H3. The molecule has 5 heteroatoms. The van der Waals surface area contributed by atoms with Gasteiger partial charge in [0.2, 0.25) is 0 Å². The molecule has 1 aromatic heterocycles. The number of hydrogen-bond acceptors (Lipinski definition) is 4. The van der Waals surface area contributed by atoms with Crippen LogP contribution in [-0.4, -0.2) is 22.4 Å². The number of carbonyl (C=O) groups is 1. The summed E-state index contributed by atoms with van der Waals surface area (Å²) in [6.07, 6.45) is 6.38. The van der Waals surface area contributed by atoms with Crippen LogP contribution in [0.25, 0.3) is 0 Å². The lowest BCUT2D eigenvalue weighted by atomic mass is 9.87. The molecule has 2 N–H and O–H groups in total. The lowest BCUT2D eigenvalue weighted by Crippen LogP contribution is -2.18. The highest BCUT2D eigenvalue weighted by atomic mass is 16.5. The Morgan fingerprint density at radius 3 is 2.78 bits per heavy atom. The van der Waals surface area contributed by atoms with Gasteiger partial charge in [-0.3, -0.25) is 4.68 Å². The van der Waals surface area contributed by atoms with Crippen LogP contribution in [0.3, 0.4) is 0 Å². The summed E-state index contributed by atoms with van der Waals surface area (Å²) in [5.41, 5.74) is 6.48. The fourth-order valence-electron chi connectivity index (χ4n) is 2.46. The minimum atomic E-state index is -0.432. The molecule has 1 aliphatic carbocycles. The molecule has 1 saturated carbocycles. The Kier molecular flexibility index (Phi) is 3.89. The van der Waals surface area contributed by atoms with Crippen molar-refractivity contribution in [2.24, 2.45) is 5.92 Å². The van der Waals surface area contributed by atoms with Crippen molar-refractivity contribution in [2.45, 2.75) is 45.6 Å². The monoisotopic (exact) mass is 251 g/mol. The van der Waals surface area contributed by atoms with Crippen molar-refractivity contribution in [3.8, 4) is 0 Å². The fraction of sp³-hybridized carbons (Fsp3) is 0.692. The predicted octanol–water partition coefficient (Wildman–Crippen LogP) is 2.39. The third kappa shape index (κ3) is 2.66. The molecule has 0 spiro atoms. The number of carbonyl (C=O) groups excluding carboxylic acids is 1. The lowest BCUT2D eigenvalue weighted by molar-refractivity contribution is 0.0519. The first-order valence-corrected chi connectivity index (χ1v) is 6.63. The van der Waals surface area contributed by atoms with Gasteiger partial charge in [-0.15, -0.1) is 0 Å². The van der Waals surface area contributed by atoms with Gasteiger partial charge in [-0.1, -0.05) is 6.92 Å². The molecule has 0 radical (unpaired) electrons. The highest BCUT2D eigenvalue weighted by Gasteiger charge is 2.23. The molecule has 0 aliphatic heterocycles. The van der Waals surface area contributed by atoms with Crippen LogP contribution in [0, 0.1) is 5.92 Å². The minimum absolute atomic E-state index is 0.246. The molecular formula is C13H21N3O2. The molecule has 0 unspecified atom stereocenters. The summed E-state index contributed by atoms with van der Waals surface area (Å²) < 4.78 is 6.77. The second kappa shape index (κ2) is 5.42. The average Bonchev–Trinajstić information content (AvgIpc) is 2.72. The number of rotatable bonds is 3. The van der Waals surface area contributed by atoms with Crippen LogP contribution in [0.2, 0.25) is 0 Å². The molecule has 0 amide bonds. The van der Waals surface area contributed by atoms with E-state index in [4.69, 9.17) is 10.5 Å². The molecule has 1 aliphatic rings. The quantitative estimate of drug-likeness (QED) is 0.837. The van der Waals surface area contributed by atoms with Crippen LogP contribution in [0.1, 0.15) is 56.1 Å². The Balaban J connectivity index is 2.11. The van der Waals surface area contributed by atoms with E-state index in [0.29, 0.717) is 18.3 Å². The summed E-state index contributed by atoms with van der Waals surface area (Å²) in [4.78, 5) is 11.6. The number of ether oxygens (including phenoxy) is 1.